The largest absolute Gasteiger partial charge is 0.468 e. The highest BCUT2D eigenvalue weighted by Gasteiger charge is 2.00. The summed E-state index contributed by atoms with van der Waals surface area (Å²) in [4.78, 5) is 14.3. The molecule has 0 saturated carbocycles. The van der Waals surface area contributed by atoms with E-state index in [1.54, 1.807) is 6.20 Å². The van der Waals surface area contributed by atoms with Crippen LogP contribution in [0.3, 0.4) is 0 Å². The van der Waals surface area contributed by atoms with Crippen LogP contribution in [0, 0.1) is 0 Å². The summed E-state index contributed by atoms with van der Waals surface area (Å²) in [5.74, 6) is 0. The summed E-state index contributed by atoms with van der Waals surface area (Å²) in [6.07, 6.45) is 2.50. The van der Waals surface area contributed by atoms with Gasteiger partial charge in [0.15, 0.2) is 0 Å². The molecule has 0 N–H and O–H groups in total. The molecule has 0 radical (unpaired) electrons. The second-order valence-electron chi connectivity index (χ2n) is 3.20. The van der Waals surface area contributed by atoms with Crippen molar-refractivity contribution < 1.29 is 9.53 Å². The third-order valence-corrected chi connectivity index (χ3v) is 2.30. The molecule has 76 valence electrons. The maximum Gasteiger partial charge on any atom is 0.293 e. The number of hydrogen-bond acceptors (Lipinski definition) is 3. The maximum absolute atomic E-state index is 10.0. The van der Waals surface area contributed by atoms with Crippen LogP contribution in [0.2, 0.25) is 0 Å². The Hall–Kier alpha value is -1.90. The van der Waals surface area contributed by atoms with Gasteiger partial charge >= 0.3 is 0 Å². The molecular formula is C12H11NO2. The monoisotopic (exact) mass is 201 g/mol. The summed E-state index contributed by atoms with van der Waals surface area (Å²) < 4.78 is 4.69. The number of fused-ring (bicyclic) bond motifs is 1. The molecule has 0 aliphatic rings. The SMILES string of the molecule is O=COCCc1ccnc2ccccc12. The number of nitrogens with zero attached hydrogens (tertiary/aromatic N) is 1. The summed E-state index contributed by atoms with van der Waals surface area (Å²) in [7, 11) is 0. The van der Waals surface area contributed by atoms with Crippen molar-refractivity contribution >= 4 is 17.4 Å². The minimum atomic E-state index is 0.414. The molecule has 1 aromatic heterocycles. The van der Waals surface area contributed by atoms with Gasteiger partial charge in [0.05, 0.1) is 12.1 Å². The van der Waals surface area contributed by atoms with Gasteiger partial charge in [-0.15, -0.1) is 0 Å². The maximum atomic E-state index is 10.0. The van der Waals surface area contributed by atoms with Gasteiger partial charge in [0.1, 0.15) is 0 Å². The van der Waals surface area contributed by atoms with Gasteiger partial charge in [0.25, 0.3) is 6.47 Å². The van der Waals surface area contributed by atoms with Crippen LogP contribution in [0.5, 0.6) is 0 Å². The quantitative estimate of drug-likeness (QED) is 0.560. The Morgan fingerprint density at radius 2 is 2.13 bits per heavy atom. The van der Waals surface area contributed by atoms with Crippen molar-refractivity contribution in [2.75, 3.05) is 6.61 Å². The molecule has 0 fully saturated rings. The normalized spacial score (nSPS) is 10.1. The smallest absolute Gasteiger partial charge is 0.293 e. The zero-order valence-corrected chi connectivity index (χ0v) is 8.22. The average Bonchev–Trinajstić information content (AvgIpc) is 2.30. The van der Waals surface area contributed by atoms with Crippen molar-refractivity contribution in [2.24, 2.45) is 0 Å². The lowest BCUT2D eigenvalue weighted by atomic mass is 10.1. The number of para-hydroxylation sites is 1. The zero-order valence-electron chi connectivity index (χ0n) is 8.22. The number of rotatable bonds is 4. The highest BCUT2D eigenvalue weighted by Crippen LogP contribution is 2.16. The molecule has 0 aliphatic heterocycles. The molecule has 2 aromatic rings. The lowest BCUT2D eigenvalue weighted by Gasteiger charge is -2.04. The van der Waals surface area contributed by atoms with E-state index in [0.29, 0.717) is 13.1 Å². The lowest BCUT2D eigenvalue weighted by molar-refractivity contribution is -0.128. The first kappa shape index (κ1) is 9.65. The van der Waals surface area contributed by atoms with Gasteiger partial charge in [-0.1, -0.05) is 18.2 Å². The van der Waals surface area contributed by atoms with Gasteiger partial charge in [0, 0.05) is 18.0 Å². The molecule has 1 heterocycles. The summed E-state index contributed by atoms with van der Waals surface area (Å²) >= 11 is 0. The molecule has 3 nitrogen and oxygen atoms in total. The van der Waals surface area contributed by atoms with Crippen LogP contribution in [-0.4, -0.2) is 18.1 Å². The summed E-state index contributed by atoms with van der Waals surface area (Å²) in [5, 5.41) is 1.12. The molecule has 0 saturated heterocycles. The number of benzene rings is 1. The molecule has 0 atom stereocenters. The predicted molar refractivity (Wildman–Crippen MR) is 57.5 cm³/mol. The number of hydrogen-bond donors (Lipinski definition) is 0. The first-order valence-corrected chi connectivity index (χ1v) is 4.79. The van der Waals surface area contributed by atoms with Gasteiger partial charge in [-0.25, -0.2) is 0 Å². The van der Waals surface area contributed by atoms with Gasteiger partial charge in [-0.3, -0.25) is 9.78 Å². The molecule has 0 amide bonds. The van der Waals surface area contributed by atoms with Crippen LogP contribution in [0.1, 0.15) is 5.56 Å². The van der Waals surface area contributed by atoms with Crippen LogP contribution < -0.4 is 0 Å². The van der Waals surface area contributed by atoms with Gasteiger partial charge < -0.3 is 4.74 Å². The highest BCUT2D eigenvalue weighted by molar-refractivity contribution is 5.81. The number of carbonyl (C=O) groups is 1. The molecule has 0 aliphatic carbocycles. The highest BCUT2D eigenvalue weighted by atomic mass is 16.5. The predicted octanol–water partition coefficient (Wildman–Crippen LogP) is 1.95. The number of aromatic nitrogens is 1. The Kier molecular flexibility index (Phi) is 2.93. The van der Waals surface area contributed by atoms with E-state index < -0.39 is 0 Å². The molecule has 15 heavy (non-hydrogen) atoms. The fourth-order valence-corrected chi connectivity index (χ4v) is 1.59. The summed E-state index contributed by atoms with van der Waals surface area (Å²) in [6.45, 7) is 0.890. The van der Waals surface area contributed by atoms with Crippen molar-refractivity contribution in [3.8, 4) is 0 Å². The fraction of sp³-hybridized carbons (Fsp3) is 0.167. The van der Waals surface area contributed by atoms with Crippen molar-refractivity contribution in [3.63, 3.8) is 0 Å². The number of pyridine rings is 1. The first-order valence-electron chi connectivity index (χ1n) is 4.79. The topological polar surface area (TPSA) is 39.2 Å². The van der Waals surface area contributed by atoms with E-state index in [1.807, 2.05) is 30.3 Å². The van der Waals surface area contributed by atoms with Crippen molar-refractivity contribution in [2.45, 2.75) is 6.42 Å². The Balaban J connectivity index is 2.30. The summed E-state index contributed by atoms with van der Waals surface area (Å²) in [5.41, 5.74) is 2.13. The van der Waals surface area contributed by atoms with Crippen molar-refractivity contribution in [3.05, 3.63) is 42.1 Å². The molecule has 1 aromatic carbocycles. The Morgan fingerprint density at radius 1 is 1.27 bits per heavy atom. The van der Waals surface area contributed by atoms with Crippen molar-refractivity contribution in [1.29, 1.82) is 0 Å². The third kappa shape index (κ3) is 2.13. The number of carbonyl (C=O) groups excluding carboxylic acids is 1. The second-order valence-corrected chi connectivity index (χ2v) is 3.20. The lowest BCUT2D eigenvalue weighted by Crippen LogP contribution is -1.97. The standard InChI is InChI=1S/C12H11NO2/c14-9-15-8-6-10-5-7-13-12-4-2-1-3-11(10)12/h1-5,7,9H,6,8H2. The number of ether oxygens (including phenoxy) is 1. The van der Waals surface area contributed by atoms with E-state index in [0.717, 1.165) is 22.9 Å². The Bertz CT molecular complexity index is 463. The van der Waals surface area contributed by atoms with Gasteiger partial charge in [0.2, 0.25) is 0 Å². The molecular weight excluding hydrogens is 190 g/mol. The van der Waals surface area contributed by atoms with E-state index >= 15 is 0 Å². The Morgan fingerprint density at radius 3 is 3.00 bits per heavy atom. The summed E-state index contributed by atoms with van der Waals surface area (Å²) in [6, 6.07) is 9.89. The molecule has 0 unspecified atom stereocenters. The third-order valence-electron chi connectivity index (χ3n) is 2.30. The van der Waals surface area contributed by atoms with Crippen LogP contribution >= 0.6 is 0 Å². The van der Waals surface area contributed by atoms with Crippen LogP contribution in [-0.2, 0) is 16.0 Å². The van der Waals surface area contributed by atoms with E-state index in [4.69, 9.17) is 0 Å². The minimum Gasteiger partial charge on any atom is -0.468 e. The zero-order chi connectivity index (χ0) is 10.5. The fourth-order valence-electron chi connectivity index (χ4n) is 1.59. The molecule has 0 spiro atoms. The molecule has 0 bridgehead atoms. The Labute approximate surface area is 87.7 Å². The van der Waals surface area contributed by atoms with E-state index in [1.165, 1.54) is 0 Å². The van der Waals surface area contributed by atoms with E-state index in [2.05, 4.69) is 9.72 Å². The second kappa shape index (κ2) is 4.55. The molecule has 2 rings (SSSR count). The van der Waals surface area contributed by atoms with E-state index in [9.17, 15) is 4.79 Å². The average molecular weight is 201 g/mol. The van der Waals surface area contributed by atoms with Gasteiger partial charge in [-0.2, -0.15) is 0 Å². The van der Waals surface area contributed by atoms with Gasteiger partial charge in [-0.05, 0) is 17.7 Å². The van der Waals surface area contributed by atoms with Crippen LogP contribution in [0.25, 0.3) is 10.9 Å². The molecule has 3 heteroatoms. The van der Waals surface area contributed by atoms with Crippen LogP contribution in [0.4, 0.5) is 0 Å². The first-order chi connectivity index (χ1) is 7.42. The minimum absolute atomic E-state index is 0.414. The van der Waals surface area contributed by atoms with Crippen molar-refractivity contribution in [1.82, 2.24) is 4.98 Å². The van der Waals surface area contributed by atoms with Crippen LogP contribution in [0.15, 0.2) is 36.5 Å². The van der Waals surface area contributed by atoms with E-state index in [-0.39, 0.29) is 0 Å².